The SMILES string of the molecule is CN=C(NCC1CN(C)CCN1C)N1CCC(N2CCCC2)C1.I. The number of halogens is 1. The maximum Gasteiger partial charge on any atom is 0.193 e. The minimum Gasteiger partial charge on any atom is -0.355 e. The molecule has 0 saturated carbocycles. The number of guanidine groups is 1. The highest BCUT2D eigenvalue weighted by molar-refractivity contribution is 14.0. The average molecular weight is 450 g/mol. The molecule has 0 aliphatic carbocycles. The van der Waals surface area contributed by atoms with Crippen LogP contribution in [0.25, 0.3) is 0 Å². The van der Waals surface area contributed by atoms with Gasteiger partial charge in [0.15, 0.2) is 5.96 Å². The normalized spacial score (nSPS) is 30.6. The Kier molecular flexibility index (Phi) is 8.03. The summed E-state index contributed by atoms with van der Waals surface area (Å²) in [5, 5.41) is 3.63. The van der Waals surface area contributed by atoms with Crippen molar-refractivity contribution in [2.75, 3.05) is 73.5 Å². The minimum atomic E-state index is 0. The summed E-state index contributed by atoms with van der Waals surface area (Å²) in [6.45, 7) is 9.32. The molecule has 7 heteroatoms. The molecular formula is C17H35IN6. The van der Waals surface area contributed by atoms with Gasteiger partial charge in [-0.1, -0.05) is 0 Å². The maximum absolute atomic E-state index is 4.54. The number of likely N-dealkylation sites (tertiary alicyclic amines) is 2. The van der Waals surface area contributed by atoms with Crippen molar-refractivity contribution in [2.24, 2.45) is 4.99 Å². The third-order valence-corrected chi connectivity index (χ3v) is 5.81. The van der Waals surface area contributed by atoms with Crippen LogP contribution in [0.5, 0.6) is 0 Å². The first-order chi connectivity index (χ1) is 11.2. The third-order valence-electron chi connectivity index (χ3n) is 5.81. The van der Waals surface area contributed by atoms with Crippen LogP contribution in [0.1, 0.15) is 19.3 Å². The highest BCUT2D eigenvalue weighted by Crippen LogP contribution is 2.20. The molecular weight excluding hydrogens is 415 g/mol. The molecule has 0 aromatic heterocycles. The lowest BCUT2D eigenvalue weighted by atomic mass is 10.2. The number of hydrogen-bond acceptors (Lipinski definition) is 4. The average Bonchev–Trinajstić information content (AvgIpc) is 3.22. The van der Waals surface area contributed by atoms with Gasteiger partial charge < -0.3 is 15.1 Å². The Bertz CT molecular complexity index is 412. The monoisotopic (exact) mass is 450 g/mol. The predicted octanol–water partition coefficient (Wildman–Crippen LogP) is 0.596. The second-order valence-corrected chi connectivity index (χ2v) is 7.46. The lowest BCUT2D eigenvalue weighted by Gasteiger charge is -2.38. The van der Waals surface area contributed by atoms with Gasteiger partial charge in [0.25, 0.3) is 0 Å². The van der Waals surface area contributed by atoms with Crippen LogP contribution in [-0.4, -0.2) is 111 Å². The van der Waals surface area contributed by atoms with Crippen molar-refractivity contribution in [3.63, 3.8) is 0 Å². The molecule has 0 spiro atoms. The van der Waals surface area contributed by atoms with E-state index in [1.165, 1.54) is 38.9 Å². The van der Waals surface area contributed by atoms with E-state index < -0.39 is 0 Å². The van der Waals surface area contributed by atoms with E-state index >= 15 is 0 Å². The molecule has 2 atom stereocenters. The second-order valence-electron chi connectivity index (χ2n) is 7.46. The summed E-state index contributed by atoms with van der Waals surface area (Å²) in [6, 6.07) is 1.31. The Balaban J connectivity index is 0.00000208. The van der Waals surface area contributed by atoms with Gasteiger partial charge in [0.2, 0.25) is 0 Å². The molecule has 0 aromatic rings. The van der Waals surface area contributed by atoms with Gasteiger partial charge in [0.1, 0.15) is 0 Å². The Morgan fingerprint density at radius 1 is 1.04 bits per heavy atom. The molecule has 3 aliphatic heterocycles. The van der Waals surface area contributed by atoms with Crippen molar-refractivity contribution in [3.05, 3.63) is 0 Å². The fourth-order valence-electron chi connectivity index (χ4n) is 4.20. The number of rotatable bonds is 3. The third kappa shape index (κ3) is 4.95. The molecule has 3 rings (SSSR count). The van der Waals surface area contributed by atoms with Gasteiger partial charge in [-0.05, 0) is 46.4 Å². The van der Waals surface area contributed by atoms with E-state index in [9.17, 15) is 0 Å². The van der Waals surface area contributed by atoms with E-state index in [0.717, 1.165) is 44.7 Å². The molecule has 0 bridgehead atoms. The lowest BCUT2D eigenvalue weighted by Crippen LogP contribution is -2.55. The van der Waals surface area contributed by atoms with E-state index in [1.807, 2.05) is 7.05 Å². The zero-order chi connectivity index (χ0) is 16.2. The van der Waals surface area contributed by atoms with Crippen LogP contribution in [0, 0.1) is 0 Å². The number of piperazine rings is 1. The molecule has 0 aromatic carbocycles. The second kappa shape index (κ2) is 9.54. The Hall–Kier alpha value is -0.120. The summed E-state index contributed by atoms with van der Waals surface area (Å²) < 4.78 is 0. The van der Waals surface area contributed by atoms with Crippen molar-refractivity contribution < 1.29 is 0 Å². The van der Waals surface area contributed by atoms with Gasteiger partial charge in [-0.25, -0.2) is 0 Å². The topological polar surface area (TPSA) is 37.4 Å². The number of aliphatic imine (C=N–C) groups is 1. The molecule has 24 heavy (non-hydrogen) atoms. The van der Waals surface area contributed by atoms with Gasteiger partial charge >= 0.3 is 0 Å². The van der Waals surface area contributed by atoms with Crippen LogP contribution in [0.4, 0.5) is 0 Å². The van der Waals surface area contributed by atoms with Crippen LogP contribution >= 0.6 is 24.0 Å². The number of likely N-dealkylation sites (N-methyl/N-ethyl adjacent to an activating group) is 2. The maximum atomic E-state index is 4.54. The zero-order valence-electron chi connectivity index (χ0n) is 15.6. The van der Waals surface area contributed by atoms with Gasteiger partial charge in [0.05, 0.1) is 0 Å². The molecule has 3 aliphatic rings. The van der Waals surface area contributed by atoms with E-state index in [-0.39, 0.29) is 24.0 Å². The first-order valence-electron chi connectivity index (χ1n) is 9.26. The van der Waals surface area contributed by atoms with Gasteiger partial charge in [-0.3, -0.25) is 14.8 Å². The molecule has 2 unspecified atom stereocenters. The summed E-state index contributed by atoms with van der Waals surface area (Å²) in [6.07, 6.45) is 4.04. The van der Waals surface area contributed by atoms with E-state index in [1.54, 1.807) is 0 Å². The number of hydrogen-bond donors (Lipinski definition) is 1. The quantitative estimate of drug-likeness (QED) is 0.387. The van der Waals surface area contributed by atoms with E-state index in [2.05, 4.69) is 44.0 Å². The Morgan fingerprint density at radius 2 is 1.79 bits per heavy atom. The van der Waals surface area contributed by atoms with E-state index in [0.29, 0.717) is 6.04 Å². The summed E-state index contributed by atoms with van der Waals surface area (Å²) in [7, 11) is 6.37. The minimum absolute atomic E-state index is 0. The molecule has 3 heterocycles. The molecule has 3 fully saturated rings. The molecule has 0 amide bonds. The van der Waals surface area contributed by atoms with Crippen LogP contribution in [0.15, 0.2) is 4.99 Å². The van der Waals surface area contributed by atoms with Crippen molar-refractivity contribution in [1.29, 1.82) is 0 Å². The highest BCUT2D eigenvalue weighted by Gasteiger charge is 2.31. The summed E-state index contributed by atoms with van der Waals surface area (Å²) in [5.41, 5.74) is 0. The summed E-state index contributed by atoms with van der Waals surface area (Å²) in [5.74, 6) is 1.09. The molecule has 3 saturated heterocycles. The molecule has 6 nitrogen and oxygen atoms in total. The van der Waals surface area contributed by atoms with Crippen molar-refractivity contribution in [2.45, 2.75) is 31.3 Å². The van der Waals surface area contributed by atoms with Crippen molar-refractivity contribution in [1.82, 2.24) is 24.9 Å². The van der Waals surface area contributed by atoms with Crippen molar-refractivity contribution >= 4 is 29.9 Å². The van der Waals surface area contributed by atoms with Crippen molar-refractivity contribution in [3.8, 4) is 0 Å². The van der Waals surface area contributed by atoms with Gasteiger partial charge in [0, 0.05) is 58.4 Å². The Labute approximate surface area is 164 Å². The fraction of sp³-hybridized carbons (Fsp3) is 0.941. The smallest absolute Gasteiger partial charge is 0.193 e. The highest BCUT2D eigenvalue weighted by atomic mass is 127. The van der Waals surface area contributed by atoms with Crippen LogP contribution < -0.4 is 5.32 Å². The van der Waals surface area contributed by atoms with Gasteiger partial charge in [-0.15, -0.1) is 24.0 Å². The zero-order valence-corrected chi connectivity index (χ0v) is 17.9. The summed E-state index contributed by atoms with van der Waals surface area (Å²) in [4.78, 5) is 14.6. The van der Waals surface area contributed by atoms with Crippen LogP contribution in [0.3, 0.4) is 0 Å². The van der Waals surface area contributed by atoms with Crippen LogP contribution in [0.2, 0.25) is 0 Å². The largest absolute Gasteiger partial charge is 0.355 e. The number of nitrogens with one attached hydrogen (secondary N) is 1. The first-order valence-corrected chi connectivity index (χ1v) is 9.26. The number of nitrogens with zero attached hydrogens (tertiary/aromatic N) is 5. The molecule has 0 radical (unpaired) electrons. The van der Waals surface area contributed by atoms with Crippen LogP contribution in [-0.2, 0) is 0 Å². The summed E-state index contributed by atoms with van der Waals surface area (Å²) >= 11 is 0. The standard InChI is InChI=1S/C17H34N6.HI/c1-18-17(19-12-16-13-20(2)10-11-21(16)3)23-9-6-15(14-23)22-7-4-5-8-22;/h15-16H,4-14H2,1-3H3,(H,18,19);1H. The Morgan fingerprint density at radius 3 is 2.50 bits per heavy atom. The fourth-order valence-corrected chi connectivity index (χ4v) is 4.20. The van der Waals surface area contributed by atoms with Gasteiger partial charge in [-0.2, -0.15) is 0 Å². The predicted molar refractivity (Wildman–Crippen MR) is 111 cm³/mol. The lowest BCUT2D eigenvalue weighted by molar-refractivity contribution is 0.116. The molecule has 140 valence electrons. The van der Waals surface area contributed by atoms with E-state index in [4.69, 9.17) is 0 Å². The first kappa shape index (κ1) is 20.2. The molecule has 1 N–H and O–H groups in total.